The Morgan fingerprint density at radius 2 is 1.88 bits per heavy atom. The second kappa shape index (κ2) is 10.0. The molecule has 0 unspecified atom stereocenters. The SMILES string of the molecule is CCNC(=O)[C@H](C)N(Cc1cccc(OC)c1)C(=O)CCN1C(=O)c2ccccc2S1(=O)=O. The number of hydrogen-bond acceptors (Lipinski definition) is 6. The molecule has 176 valence electrons. The molecule has 0 radical (unpaired) electrons. The van der Waals surface area contributed by atoms with E-state index in [0.717, 1.165) is 9.87 Å². The Labute approximate surface area is 193 Å². The summed E-state index contributed by atoms with van der Waals surface area (Å²) in [5.74, 6) is -0.826. The van der Waals surface area contributed by atoms with E-state index in [4.69, 9.17) is 4.74 Å². The molecular weight excluding hydrogens is 446 g/mol. The molecule has 9 nitrogen and oxygen atoms in total. The van der Waals surface area contributed by atoms with Crippen LogP contribution >= 0.6 is 0 Å². The van der Waals surface area contributed by atoms with Crippen LogP contribution < -0.4 is 10.1 Å². The predicted molar refractivity (Wildman–Crippen MR) is 121 cm³/mol. The second-order valence-corrected chi connectivity index (χ2v) is 9.40. The van der Waals surface area contributed by atoms with Gasteiger partial charge in [-0.25, -0.2) is 12.7 Å². The molecule has 0 aromatic heterocycles. The summed E-state index contributed by atoms with van der Waals surface area (Å²) < 4.78 is 31.5. The first-order valence-electron chi connectivity index (χ1n) is 10.6. The quantitative estimate of drug-likeness (QED) is 0.594. The summed E-state index contributed by atoms with van der Waals surface area (Å²) >= 11 is 0. The average molecular weight is 474 g/mol. The maximum Gasteiger partial charge on any atom is 0.269 e. The van der Waals surface area contributed by atoms with E-state index in [9.17, 15) is 22.8 Å². The van der Waals surface area contributed by atoms with Crippen molar-refractivity contribution in [2.75, 3.05) is 20.2 Å². The maximum absolute atomic E-state index is 13.2. The van der Waals surface area contributed by atoms with E-state index in [2.05, 4.69) is 5.32 Å². The maximum atomic E-state index is 13.2. The number of hydrogen-bond donors (Lipinski definition) is 1. The number of ether oxygens (including phenoxy) is 1. The van der Waals surface area contributed by atoms with Crippen molar-refractivity contribution in [2.24, 2.45) is 0 Å². The molecule has 2 aromatic carbocycles. The highest BCUT2D eigenvalue weighted by molar-refractivity contribution is 7.90. The smallest absolute Gasteiger partial charge is 0.269 e. The Bertz CT molecular complexity index is 1160. The molecule has 2 aromatic rings. The van der Waals surface area contributed by atoms with Crippen LogP contribution in [-0.2, 0) is 26.2 Å². The molecule has 1 aliphatic rings. The van der Waals surface area contributed by atoms with E-state index in [0.29, 0.717) is 12.3 Å². The number of nitrogens with zero attached hydrogens (tertiary/aromatic N) is 2. The Morgan fingerprint density at radius 3 is 2.55 bits per heavy atom. The summed E-state index contributed by atoms with van der Waals surface area (Å²) in [5.41, 5.74) is 0.838. The first-order valence-corrected chi connectivity index (χ1v) is 12.0. The number of carbonyl (C=O) groups is 3. The molecule has 1 heterocycles. The number of rotatable bonds is 9. The topological polar surface area (TPSA) is 113 Å². The lowest BCUT2D eigenvalue weighted by molar-refractivity contribution is -0.140. The van der Waals surface area contributed by atoms with Crippen molar-refractivity contribution in [2.45, 2.75) is 37.8 Å². The van der Waals surface area contributed by atoms with Crippen LogP contribution in [0.25, 0.3) is 0 Å². The zero-order valence-corrected chi connectivity index (χ0v) is 19.6. The summed E-state index contributed by atoms with van der Waals surface area (Å²) in [6.45, 7) is 3.60. The largest absolute Gasteiger partial charge is 0.497 e. The molecule has 0 spiro atoms. The zero-order valence-electron chi connectivity index (χ0n) is 18.8. The lowest BCUT2D eigenvalue weighted by Crippen LogP contribution is -2.48. The van der Waals surface area contributed by atoms with Gasteiger partial charge in [-0.1, -0.05) is 24.3 Å². The van der Waals surface area contributed by atoms with E-state index < -0.39 is 27.9 Å². The third-order valence-corrected chi connectivity index (χ3v) is 7.29. The van der Waals surface area contributed by atoms with Crippen molar-refractivity contribution < 1.29 is 27.5 Å². The molecule has 3 rings (SSSR count). The van der Waals surface area contributed by atoms with Crippen LogP contribution in [0.5, 0.6) is 5.75 Å². The molecule has 0 fully saturated rings. The molecule has 1 aliphatic heterocycles. The molecule has 0 saturated heterocycles. The first-order chi connectivity index (χ1) is 15.7. The standard InChI is InChI=1S/C23H27N3O6S/c1-4-24-22(28)16(2)25(15-17-8-7-9-18(14-17)32-3)21(27)12-13-26-23(29)19-10-5-6-11-20(19)33(26,30)31/h5-11,14,16H,4,12-13,15H2,1-3H3,(H,24,28)/t16-/m0/s1. The van der Waals surface area contributed by atoms with Crippen molar-refractivity contribution in [3.63, 3.8) is 0 Å². The van der Waals surface area contributed by atoms with Crippen LogP contribution in [0.1, 0.15) is 36.2 Å². The fraction of sp³-hybridized carbons (Fsp3) is 0.348. The van der Waals surface area contributed by atoms with Gasteiger partial charge in [-0.2, -0.15) is 0 Å². The average Bonchev–Trinajstić information content (AvgIpc) is 3.01. The number of fused-ring (bicyclic) bond motifs is 1. The molecule has 0 saturated carbocycles. The monoisotopic (exact) mass is 473 g/mol. The molecule has 0 bridgehead atoms. The van der Waals surface area contributed by atoms with E-state index in [-0.39, 0.29) is 35.9 Å². The summed E-state index contributed by atoms with van der Waals surface area (Å²) in [5, 5.41) is 2.70. The fourth-order valence-corrected chi connectivity index (χ4v) is 5.23. The summed E-state index contributed by atoms with van der Waals surface area (Å²) in [4.78, 5) is 39.6. The van der Waals surface area contributed by atoms with Crippen LogP contribution in [0.15, 0.2) is 53.4 Å². The third-order valence-electron chi connectivity index (χ3n) is 5.45. The van der Waals surface area contributed by atoms with Crippen molar-refractivity contribution in [3.05, 3.63) is 59.7 Å². The van der Waals surface area contributed by atoms with Crippen LogP contribution in [0.2, 0.25) is 0 Å². The van der Waals surface area contributed by atoms with Gasteiger partial charge in [-0.05, 0) is 43.7 Å². The Kier molecular flexibility index (Phi) is 7.37. The summed E-state index contributed by atoms with van der Waals surface area (Å²) in [6, 6.07) is 12.3. The highest BCUT2D eigenvalue weighted by Crippen LogP contribution is 2.30. The van der Waals surface area contributed by atoms with Gasteiger partial charge in [0.2, 0.25) is 11.8 Å². The highest BCUT2D eigenvalue weighted by Gasteiger charge is 2.41. The van der Waals surface area contributed by atoms with Crippen molar-refractivity contribution in [3.8, 4) is 5.75 Å². The van der Waals surface area contributed by atoms with Gasteiger partial charge in [-0.15, -0.1) is 0 Å². The number of amides is 3. The number of sulfonamides is 1. The van der Waals surface area contributed by atoms with E-state index in [1.807, 2.05) is 0 Å². The minimum atomic E-state index is -4.01. The number of methoxy groups -OCH3 is 1. The molecular formula is C23H27N3O6S. The van der Waals surface area contributed by atoms with Gasteiger partial charge in [0.05, 0.1) is 12.7 Å². The lowest BCUT2D eigenvalue weighted by atomic mass is 10.1. The van der Waals surface area contributed by atoms with Gasteiger partial charge >= 0.3 is 0 Å². The van der Waals surface area contributed by atoms with Crippen LogP contribution in [0.4, 0.5) is 0 Å². The Hall–Kier alpha value is -3.40. The number of benzene rings is 2. The first kappa shape index (κ1) is 24.2. The van der Waals surface area contributed by atoms with Gasteiger partial charge < -0.3 is 15.0 Å². The van der Waals surface area contributed by atoms with E-state index in [1.54, 1.807) is 50.2 Å². The van der Waals surface area contributed by atoms with Crippen LogP contribution in [0, 0.1) is 0 Å². The normalized spacial score (nSPS) is 15.0. The van der Waals surface area contributed by atoms with Gasteiger partial charge in [0.15, 0.2) is 0 Å². The van der Waals surface area contributed by atoms with Crippen LogP contribution in [0.3, 0.4) is 0 Å². The van der Waals surface area contributed by atoms with E-state index in [1.165, 1.54) is 24.1 Å². The van der Waals surface area contributed by atoms with Crippen LogP contribution in [-0.4, -0.2) is 61.6 Å². The van der Waals surface area contributed by atoms with E-state index >= 15 is 0 Å². The number of likely N-dealkylation sites (N-methyl/N-ethyl adjacent to an activating group) is 1. The molecule has 1 atom stereocenters. The minimum absolute atomic E-state index is 0.0635. The molecule has 0 aliphatic carbocycles. The second-order valence-electron chi connectivity index (χ2n) is 7.57. The lowest BCUT2D eigenvalue weighted by Gasteiger charge is -2.29. The third kappa shape index (κ3) is 5.00. The number of carbonyl (C=O) groups excluding carboxylic acids is 3. The molecule has 1 N–H and O–H groups in total. The molecule has 33 heavy (non-hydrogen) atoms. The van der Waals surface area contributed by atoms with Crippen molar-refractivity contribution >= 4 is 27.7 Å². The Balaban J connectivity index is 1.80. The van der Waals surface area contributed by atoms with Gasteiger partial charge in [0.1, 0.15) is 16.7 Å². The minimum Gasteiger partial charge on any atom is -0.497 e. The Morgan fingerprint density at radius 1 is 1.15 bits per heavy atom. The fourth-order valence-electron chi connectivity index (χ4n) is 3.67. The van der Waals surface area contributed by atoms with Crippen molar-refractivity contribution in [1.82, 2.24) is 14.5 Å². The molecule has 3 amide bonds. The zero-order chi connectivity index (χ0) is 24.2. The van der Waals surface area contributed by atoms with Gasteiger partial charge in [0.25, 0.3) is 15.9 Å². The predicted octanol–water partition coefficient (Wildman–Crippen LogP) is 1.78. The number of nitrogens with one attached hydrogen (secondary N) is 1. The molecule has 10 heteroatoms. The van der Waals surface area contributed by atoms with Gasteiger partial charge in [0, 0.05) is 26.1 Å². The van der Waals surface area contributed by atoms with Crippen molar-refractivity contribution in [1.29, 1.82) is 0 Å². The summed E-state index contributed by atoms with van der Waals surface area (Å²) in [6.07, 6.45) is -0.257. The summed E-state index contributed by atoms with van der Waals surface area (Å²) in [7, 11) is -2.48. The van der Waals surface area contributed by atoms with Gasteiger partial charge in [-0.3, -0.25) is 14.4 Å². The highest BCUT2D eigenvalue weighted by atomic mass is 32.2.